The fraction of sp³-hybridized carbons (Fsp3) is 0. The van der Waals surface area contributed by atoms with Gasteiger partial charge >= 0.3 is 0 Å². The normalized spacial score (nSPS) is 11.4. The van der Waals surface area contributed by atoms with Crippen LogP contribution in [0.2, 0.25) is 0 Å². The topological polar surface area (TPSA) is 86.2 Å². The number of furan rings is 2. The predicted molar refractivity (Wildman–Crippen MR) is 67.6 cm³/mol. The minimum atomic E-state index is -0.507. The molecule has 0 amide bonds. The van der Waals surface area contributed by atoms with E-state index in [9.17, 15) is 9.59 Å². The summed E-state index contributed by atoms with van der Waals surface area (Å²) in [7, 11) is 0. The van der Waals surface area contributed by atoms with Gasteiger partial charge in [-0.05, 0) is 24.3 Å². The maximum Gasteiger partial charge on any atom is 0.280 e. The maximum atomic E-state index is 12.1. The van der Waals surface area contributed by atoms with Gasteiger partial charge in [0.25, 0.3) is 11.1 Å². The van der Waals surface area contributed by atoms with Gasteiger partial charge in [0, 0.05) is 0 Å². The smallest absolute Gasteiger partial charge is 0.280 e. The molecule has 2 aromatic heterocycles. The Balaban J connectivity index is 2.17. The molecule has 2 aliphatic rings. The summed E-state index contributed by atoms with van der Waals surface area (Å²) < 4.78 is 10.4. The summed E-state index contributed by atoms with van der Waals surface area (Å²) in [6.07, 6.45) is 2.91. The van der Waals surface area contributed by atoms with Gasteiger partial charge in [-0.15, -0.1) is 0 Å². The largest absolute Gasteiger partial charge is 0.463 e. The van der Waals surface area contributed by atoms with Crippen molar-refractivity contribution in [2.45, 2.75) is 0 Å². The van der Waals surface area contributed by atoms with Gasteiger partial charge in [0.2, 0.25) is 0 Å². The van der Waals surface area contributed by atoms with Crippen LogP contribution in [0.4, 0.5) is 0 Å². The SMILES string of the molecule is O=c1nc(-c2ccco2)c2c(=O)nc(-c3ccco3)c1=2. The Morgan fingerprint density at radius 2 is 1.20 bits per heavy atom. The van der Waals surface area contributed by atoms with Crippen molar-refractivity contribution < 1.29 is 8.83 Å². The number of hydrogen-bond donors (Lipinski definition) is 0. The first-order valence-corrected chi connectivity index (χ1v) is 5.84. The van der Waals surface area contributed by atoms with Crippen LogP contribution in [0.1, 0.15) is 0 Å². The Kier molecular flexibility index (Phi) is 2.03. The molecule has 0 saturated heterocycles. The third-order valence-electron chi connectivity index (χ3n) is 3.09. The third-order valence-corrected chi connectivity index (χ3v) is 3.09. The van der Waals surface area contributed by atoms with E-state index in [1.165, 1.54) is 12.5 Å². The Labute approximate surface area is 110 Å². The molecule has 0 radical (unpaired) electrons. The molecule has 20 heavy (non-hydrogen) atoms. The molecule has 2 aliphatic heterocycles. The van der Waals surface area contributed by atoms with Crippen molar-refractivity contribution in [3.63, 3.8) is 0 Å². The lowest BCUT2D eigenvalue weighted by Crippen LogP contribution is -2.03. The summed E-state index contributed by atoms with van der Waals surface area (Å²) in [4.78, 5) is 31.9. The van der Waals surface area contributed by atoms with Crippen molar-refractivity contribution in [3.8, 4) is 22.9 Å². The first-order chi connectivity index (χ1) is 9.75. The van der Waals surface area contributed by atoms with Crippen LogP contribution in [0.25, 0.3) is 22.9 Å². The molecule has 6 heteroatoms. The van der Waals surface area contributed by atoms with Crippen molar-refractivity contribution in [3.05, 3.63) is 67.9 Å². The lowest BCUT2D eigenvalue weighted by molar-refractivity contribution is 0.579. The van der Waals surface area contributed by atoms with Crippen LogP contribution in [0.5, 0.6) is 0 Å². The molecule has 0 bridgehead atoms. The van der Waals surface area contributed by atoms with Gasteiger partial charge in [-0.1, -0.05) is 0 Å². The molecule has 0 spiro atoms. The molecular weight excluding hydrogens is 260 g/mol. The quantitative estimate of drug-likeness (QED) is 0.543. The van der Waals surface area contributed by atoms with Crippen molar-refractivity contribution >= 4 is 0 Å². The average Bonchev–Trinajstić information content (AvgIpc) is 3.17. The zero-order chi connectivity index (χ0) is 13.7. The van der Waals surface area contributed by atoms with E-state index in [2.05, 4.69) is 9.97 Å². The van der Waals surface area contributed by atoms with Gasteiger partial charge in [0.15, 0.2) is 11.5 Å². The van der Waals surface area contributed by atoms with E-state index in [1.54, 1.807) is 24.3 Å². The van der Waals surface area contributed by atoms with Crippen LogP contribution < -0.4 is 11.1 Å². The van der Waals surface area contributed by atoms with E-state index >= 15 is 0 Å². The average molecular weight is 266 g/mol. The monoisotopic (exact) mass is 266 g/mol. The standard InChI is InChI=1S/C14H6N2O4/c17-13-9-10(12(16-13)8-4-2-6-20-8)14(18)15-11(9)7-3-1-5-19-7/h1-6H. The van der Waals surface area contributed by atoms with Crippen molar-refractivity contribution in [1.82, 2.24) is 9.97 Å². The second-order valence-electron chi connectivity index (χ2n) is 4.24. The molecule has 0 aromatic carbocycles. The van der Waals surface area contributed by atoms with Crippen LogP contribution >= 0.6 is 0 Å². The molecule has 0 saturated carbocycles. The highest BCUT2D eigenvalue weighted by Crippen LogP contribution is 2.22. The van der Waals surface area contributed by atoms with Crippen LogP contribution in [0, 0.1) is 10.4 Å². The Morgan fingerprint density at radius 3 is 1.55 bits per heavy atom. The second kappa shape index (κ2) is 3.74. The van der Waals surface area contributed by atoms with Gasteiger partial charge in [-0.25, -0.2) is 9.97 Å². The van der Waals surface area contributed by atoms with E-state index in [0.717, 1.165) is 0 Å². The molecule has 0 fully saturated rings. The molecule has 0 aliphatic carbocycles. The summed E-state index contributed by atoms with van der Waals surface area (Å²) in [6.45, 7) is 0. The minimum Gasteiger partial charge on any atom is -0.463 e. The van der Waals surface area contributed by atoms with Crippen molar-refractivity contribution in [1.29, 1.82) is 0 Å². The summed E-state index contributed by atoms with van der Waals surface area (Å²) in [5, 5.41) is 0.354. The number of aromatic nitrogens is 2. The van der Waals surface area contributed by atoms with Crippen molar-refractivity contribution in [2.75, 3.05) is 0 Å². The van der Waals surface area contributed by atoms with E-state index < -0.39 is 11.1 Å². The first kappa shape index (κ1) is 10.9. The lowest BCUT2D eigenvalue weighted by atomic mass is 10.2. The fourth-order valence-electron chi connectivity index (χ4n) is 2.26. The molecule has 0 N–H and O–H groups in total. The molecule has 2 aromatic rings. The third kappa shape index (κ3) is 1.33. The molecule has 96 valence electrons. The van der Waals surface area contributed by atoms with E-state index in [1.807, 2.05) is 0 Å². The van der Waals surface area contributed by atoms with Gasteiger partial charge in [0.1, 0.15) is 11.4 Å². The maximum absolute atomic E-state index is 12.1. The second-order valence-corrected chi connectivity index (χ2v) is 4.24. The number of hydrogen-bond acceptors (Lipinski definition) is 6. The molecule has 4 rings (SSSR count). The summed E-state index contributed by atoms with van der Waals surface area (Å²) >= 11 is 0. The molecule has 6 nitrogen and oxygen atoms in total. The summed E-state index contributed by atoms with van der Waals surface area (Å²) in [5.74, 6) is 0.736. The lowest BCUT2D eigenvalue weighted by Gasteiger charge is -1.86. The summed E-state index contributed by atoms with van der Waals surface area (Å²) in [5.41, 5.74) is -0.560. The van der Waals surface area contributed by atoms with Crippen LogP contribution in [-0.4, -0.2) is 9.97 Å². The zero-order valence-corrected chi connectivity index (χ0v) is 9.99. The van der Waals surface area contributed by atoms with E-state index in [0.29, 0.717) is 11.5 Å². The highest BCUT2D eigenvalue weighted by molar-refractivity contribution is 5.60. The highest BCUT2D eigenvalue weighted by Gasteiger charge is 2.21. The van der Waals surface area contributed by atoms with Gasteiger partial charge in [-0.3, -0.25) is 9.59 Å². The number of rotatable bonds is 2. The van der Waals surface area contributed by atoms with Crippen molar-refractivity contribution in [2.24, 2.45) is 0 Å². The molecule has 0 unspecified atom stereocenters. The van der Waals surface area contributed by atoms with E-state index in [4.69, 9.17) is 8.83 Å². The van der Waals surface area contributed by atoms with Crippen LogP contribution in [-0.2, 0) is 0 Å². The van der Waals surface area contributed by atoms with Crippen LogP contribution in [0.3, 0.4) is 0 Å². The van der Waals surface area contributed by atoms with E-state index in [-0.39, 0.29) is 21.8 Å². The van der Waals surface area contributed by atoms with Crippen LogP contribution in [0.15, 0.2) is 55.2 Å². The summed E-state index contributed by atoms with van der Waals surface area (Å²) in [6, 6.07) is 6.60. The van der Waals surface area contributed by atoms with Gasteiger partial charge < -0.3 is 8.83 Å². The van der Waals surface area contributed by atoms with Gasteiger partial charge in [0.05, 0.1) is 23.0 Å². The Morgan fingerprint density at radius 1 is 0.750 bits per heavy atom. The highest BCUT2D eigenvalue weighted by atomic mass is 16.3. The van der Waals surface area contributed by atoms with Gasteiger partial charge in [-0.2, -0.15) is 0 Å². The predicted octanol–water partition coefficient (Wildman–Crippen LogP) is 1.32. The Hall–Kier alpha value is -3.02. The first-order valence-electron chi connectivity index (χ1n) is 5.84. The molecule has 0 atom stereocenters. The Bertz CT molecular complexity index is 937. The fourth-order valence-corrected chi connectivity index (χ4v) is 2.26. The zero-order valence-electron chi connectivity index (χ0n) is 9.99. The molecule has 4 heterocycles. The minimum absolute atomic E-state index is 0.177. The number of nitrogens with zero attached hydrogens (tertiary/aromatic N) is 2. The molecular formula is C14H6N2O4.